The Bertz CT molecular complexity index is 766. The molecule has 22 heavy (non-hydrogen) atoms. The first-order chi connectivity index (χ1) is 10.2. The van der Waals surface area contributed by atoms with Gasteiger partial charge in [0, 0.05) is 12.1 Å². The van der Waals surface area contributed by atoms with Crippen molar-refractivity contribution in [1.29, 1.82) is 0 Å². The number of pyridine rings is 1. The van der Waals surface area contributed by atoms with E-state index in [4.69, 9.17) is 14.9 Å². The smallest absolute Gasteiger partial charge is 0.433 e. The minimum Gasteiger partial charge on any atom is -0.494 e. The van der Waals surface area contributed by atoms with Gasteiger partial charge in [-0.2, -0.15) is 18.3 Å². The molecule has 0 unspecified atom stereocenters. The number of rotatable bonds is 4. The highest BCUT2D eigenvalue weighted by molar-refractivity contribution is 6.06. The van der Waals surface area contributed by atoms with Crippen molar-refractivity contribution in [3.8, 4) is 5.75 Å². The van der Waals surface area contributed by atoms with Crippen LogP contribution in [0.3, 0.4) is 0 Å². The predicted octanol–water partition coefficient (Wildman–Crippen LogP) is 2.15. The van der Waals surface area contributed by atoms with Gasteiger partial charge in [-0.25, -0.2) is 14.1 Å². The Kier molecular flexibility index (Phi) is 3.69. The maximum absolute atomic E-state index is 13.1. The summed E-state index contributed by atoms with van der Waals surface area (Å²) in [7, 11) is 0. The molecule has 0 saturated carbocycles. The molecule has 0 radical (unpaired) electrons. The van der Waals surface area contributed by atoms with Gasteiger partial charge < -0.3 is 14.9 Å². The van der Waals surface area contributed by atoms with Crippen LogP contribution in [0.5, 0.6) is 5.75 Å². The molecule has 2 aromatic rings. The van der Waals surface area contributed by atoms with E-state index < -0.39 is 40.6 Å². The highest BCUT2D eigenvalue weighted by Crippen LogP contribution is 2.34. The monoisotopic (exact) mass is 318 g/mol. The fraction of sp³-hybridized carbons (Fsp3) is 0.250. The van der Waals surface area contributed by atoms with Gasteiger partial charge in [-0.1, -0.05) is 0 Å². The number of ether oxygens (including phenoxy) is 1. The molecular weight excluding hydrogens is 309 g/mol. The molecule has 2 rings (SSSR count). The zero-order valence-corrected chi connectivity index (χ0v) is 11.0. The van der Waals surface area contributed by atoms with E-state index in [-0.39, 0.29) is 16.9 Å². The van der Waals surface area contributed by atoms with Crippen molar-refractivity contribution in [3.63, 3.8) is 0 Å². The highest BCUT2D eigenvalue weighted by atomic mass is 19.4. The van der Waals surface area contributed by atoms with Crippen molar-refractivity contribution in [3.05, 3.63) is 29.1 Å². The third kappa shape index (κ3) is 2.54. The second-order valence-electron chi connectivity index (χ2n) is 4.14. The van der Waals surface area contributed by atoms with Crippen LogP contribution in [0.4, 0.5) is 13.2 Å². The average Bonchev–Trinajstić information content (AvgIpc) is 2.76. The molecule has 118 valence electrons. The summed E-state index contributed by atoms with van der Waals surface area (Å²) in [6.07, 6.45) is -4.87. The van der Waals surface area contributed by atoms with Crippen molar-refractivity contribution in [2.75, 3.05) is 6.61 Å². The first-order valence-corrected chi connectivity index (χ1v) is 5.90. The lowest BCUT2D eigenvalue weighted by atomic mass is 10.2. The predicted molar refractivity (Wildman–Crippen MR) is 65.3 cm³/mol. The molecule has 0 aliphatic rings. The Morgan fingerprint density at radius 1 is 1.27 bits per heavy atom. The van der Waals surface area contributed by atoms with Crippen LogP contribution in [0.2, 0.25) is 0 Å². The molecule has 0 saturated heterocycles. The van der Waals surface area contributed by atoms with Gasteiger partial charge in [0.2, 0.25) is 0 Å². The summed E-state index contributed by atoms with van der Waals surface area (Å²) in [5, 5.41) is 21.3. The number of hydrogen-bond donors (Lipinski definition) is 2. The highest BCUT2D eigenvalue weighted by Gasteiger charge is 2.37. The van der Waals surface area contributed by atoms with E-state index >= 15 is 0 Å². The van der Waals surface area contributed by atoms with E-state index in [1.54, 1.807) is 0 Å². The average molecular weight is 318 g/mol. The van der Waals surface area contributed by atoms with Crippen LogP contribution in [0.15, 0.2) is 12.1 Å². The summed E-state index contributed by atoms with van der Waals surface area (Å²) in [5.41, 5.74) is -3.65. The lowest BCUT2D eigenvalue weighted by molar-refractivity contribution is -0.142. The summed E-state index contributed by atoms with van der Waals surface area (Å²) in [4.78, 5) is 22.2. The topological polar surface area (TPSA) is 101 Å². The summed E-state index contributed by atoms with van der Waals surface area (Å²) in [6.45, 7) is 1.59. The van der Waals surface area contributed by atoms with Crippen molar-refractivity contribution >= 4 is 17.5 Å². The molecular formula is C12H9F3N2O5. The Morgan fingerprint density at radius 2 is 1.91 bits per heavy atom. The molecule has 2 N–H and O–H groups in total. The van der Waals surface area contributed by atoms with Crippen LogP contribution < -0.4 is 4.74 Å². The number of nitrogens with zero attached hydrogens (tertiary/aromatic N) is 2. The summed E-state index contributed by atoms with van der Waals surface area (Å²) in [5.74, 6) is -3.68. The molecule has 2 heterocycles. The standard InChI is InChI=1S/C12H9F3N2O5/c1-2-22-5-3-6-8(10(18)19)9(11(20)21)16-17(6)7(4-5)12(13,14)15/h3-4H,2H2,1H3,(H,18,19)(H,20,21). The maximum atomic E-state index is 13.1. The fourth-order valence-electron chi connectivity index (χ4n) is 1.93. The van der Waals surface area contributed by atoms with Gasteiger partial charge in [-0.05, 0) is 6.92 Å². The normalized spacial score (nSPS) is 11.6. The van der Waals surface area contributed by atoms with Crippen LogP contribution in [0.1, 0.15) is 33.5 Å². The first kappa shape index (κ1) is 15.6. The Morgan fingerprint density at radius 3 is 2.36 bits per heavy atom. The zero-order chi connectivity index (χ0) is 16.7. The number of carboxylic acid groups (broad SMARTS) is 2. The largest absolute Gasteiger partial charge is 0.494 e. The van der Waals surface area contributed by atoms with Crippen molar-refractivity contribution in [2.45, 2.75) is 13.1 Å². The number of alkyl halides is 3. The van der Waals surface area contributed by atoms with Gasteiger partial charge in [0.15, 0.2) is 5.69 Å². The molecule has 0 aromatic carbocycles. The number of fused-ring (bicyclic) bond motifs is 1. The lowest BCUT2D eigenvalue weighted by Gasteiger charge is -2.11. The minimum atomic E-state index is -4.87. The van der Waals surface area contributed by atoms with Gasteiger partial charge in [0.25, 0.3) is 0 Å². The second-order valence-corrected chi connectivity index (χ2v) is 4.14. The number of aromatic nitrogens is 2. The molecule has 10 heteroatoms. The lowest BCUT2D eigenvalue weighted by Crippen LogP contribution is -2.13. The quantitative estimate of drug-likeness (QED) is 0.895. The number of halogens is 3. The summed E-state index contributed by atoms with van der Waals surface area (Å²) < 4.78 is 44.4. The molecule has 0 aliphatic heterocycles. The van der Waals surface area contributed by atoms with E-state index in [2.05, 4.69) is 5.10 Å². The van der Waals surface area contributed by atoms with E-state index in [1.807, 2.05) is 0 Å². The van der Waals surface area contributed by atoms with Crippen LogP contribution in [-0.2, 0) is 6.18 Å². The van der Waals surface area contributed by atoms with Crippen molar-refractivity contribution < 1.29 is 37.7 Å². The SMILES string of the molecule is CCOc1cc(C(F)(F)F)n2nc(C(=O)O)c(C(=O)O)c2c1. The van der Waals surface area contributed by atoms with Crippen LogP contribution in [0, 0.1) is 0 Å². The van der Waals surface area contributed by atoms with E-state index in [1.165, 1.54) is 6.92 Å². The van der Waals surface area contributed by atoms with Crippen LogP contribution >= 0.6 is 0 Å². The zero-order valence-electron chi connectivity index (χ0n) is 11.0. The third-order valence-corrected chi connectivity index (χ3v) is 2.73. The van der Waals surface area contributed by atoms with Gasteiger partial charge in [-0.15, -0.1) is 0 Å². The number of carbonyl (C=O) groups is 2. The molecule has 0 aliphatic carbocycles. The first-order valence-electron chi connectivity index (χ1n) is 5.90. The van der Waals surface area contributed by atoms with Crippen molar-refractivity contribution in [2.24, 2.45) is 0 Å². The molecule has 7 nitrogen and oxygen atoms in total. The number of aromatic carboxylic acids is 2. The van der Waals surface area contributed by atoms with E-state index in [9.17, 15) is 22.8 Å². The van der Waals surface area contributed by atoms with Crippen LogP contribution in [0.25, 0.3) is 5.52 Å². The van der Waals surface area contributed by atoms with E-state index in [0.717, 1.165) is 6.07 Å². The summed E-state index contributed by atoms with van der Waals surface area (Å²) in [6, 6.07) is 1.63. The second kappa shape index (κ2) is 5.20. The number of carboxylic acids is 2. The van der Waals surface area contributed by atoms with Crippen molar-refractivity contribution in [1.82, 2.24) is 9.61 Å². The van der Waals surface area contributed by atoms with Gasteiger partial charge in [-0.3, -0.25) is 0 Å². The van der Waals surface area contributed by atoms with E-state index in [0.29, 0.717) is 6.07 Å². The molecule has 0 fully saturated rings. The molecule has 0 spiro atoms. The molecule has 0 atom stereocenters. The Balaban J connectivity index is 2.92. The Hall–Kier alpha value is -2.78. The molecule has 0 bridgehead atoms. The molecule has 0 amide bonds. The summed E-state index contributed by atoms with van der Waals surface area (Å²) >= 11 is 0. The minimum absolute atomic E-state index is 0.0514. The fourth-order valence-corrected chi connectivity index (χ4v) is 1.93. The third-order valence-electron chi connectivity index (χ3n) is 2.73. The Labute approximate surface area is 120 Å². The van der Waals surface area contributed by atoms with Gasteiger partial charge >= 0.3 is 18.1 Å². The van der Waals surface area contributed by atoms with Gasteiger partial charge in [0.1, 0.15) is 17.0 Å². The maximum Gasteiger partial charge on any atom is 0.433 e. The van der Waals surface area contributed by atoms with Crippen LogP contribution in [-0.4, -0.2) is 38.4 Å². The number of hydrogen-bond acceptors (Lipinski definition) is 4. The molecule has 2 aromatic heterocycles. The van der Waals surface area contributed by atoms with Gasteiger partial charge in [0.05, 0.1) is 12.1 Å².